The lowest BCUT2D eigenvalue weighted by Gasteiger charge is -2.09. The predicted octanol–water partition coefficient (Wildman–Crippen LogP) is 2.28. The fourth-order valence-electron chi connectivity index (χ4n) is 1.94. The number of benzene rings is 2. The third-order valence-electron chi connectivity index (χ3n) is 3.22. The van der Waals surface area contributed by atoms with E-state index in [2.05, 4.69) is 5.32 Å². The van der Waals surface area contributed by atoms with Crippen molar-refractivity contribution in [3.63, 3.8) is 0 Å². The van der Waals surface area contributed by atoms with Crippen molar-refractivity contribution in [2.45, 2.75) is 6.92 Å². The number of amides is 1. The minimum absolute atomic E-state index is 0.148. The molecule has 0 radical (unpaired) electrons. The maximum absolute atomic E-state index is 11.9. The summed E-state index contributed by atoms with van der Waals surface area (Å²) in [6.45, 7) is 1.16. The average molecular weight is 329 g/mol. The van der Waals surface area contributed by atoms with Crippen molar-refractivity contribution in [1.29, 1.82) is 0 Å². The minimum Gasteiger partial charge on any atom is -0.452 e. The summed E-state index contributed by atoms with van der Waals surface area (Å²) >= 11 is 0. The summed E-state index contributed by atoms with van der Waals surface area (Å²) in [6, 6.07) is 10.4. The molecule has 0 bridgehead atoms. The first-order valence-electron chi connectivity index (χ1n) is 6.95. The number of carbonyl (C=O) groups is 2. The molecule has 0 saturated heterocycles. The largest absolute Gasteiger partial charge is 0.452 e. The second kappa shape index (κ2) is 7.23. The lowest BCUT2D eigenvalue weighted by atomic mass is 10.2. The van der Waals surface area contributed by atoms with Crippen LogP contribution < -0.4 is 11.1 Å². The summed E-state index contributed by atoms with van der Waals surface area (Å²) in [5.41, 5.74) is 6.84. The molecule has 0 spiro atoms. The number of aryl methyl sites for hydroxylation is 1. The molecule has 0 heterocycles. The van der Waals surface area contributed by atoms with E-state index in [1.807, 2.05) is 0 Å². The number of ether oxygens (including phenoxy) is 1. The van der Waals surface area contributed by atoms with Crippen LogP contribution in [0.3, 0.4) is 0 Å². The van der Waals surface area contributed by atoms with Crippen LogP contribution in [0.25, 0.3) is 0 Å². The standard InChI is InChI=1S/C16H15N3O5/c1-10-6-7-11(19(22)23)8-14(10)18-15(20)9-24-16(21)12-4-2-3-5-13(12)17/h2-8H,9,17H2,1H3,(H,18,20). The van der Waals surface area contributed by atoms with E-state index in [9.17, 15) is 19.7 Å². The van der Waals surface area contributed by atoms with Gasteiger partial charge in [0.05, 0.1) is 16.2 Å². The number of nitrogen functional groups attached to an aromatic ring is 1. The Morgan fingerprint density at radius 2 is 1.96 bits per heavy atom. The third kappa shape index (κ3) is 4.07. The zero-order valence-electron chi connectivity index (χ0n) is 12.8. The molecule has 0 aromatic heterocycles. The first kappa shape index (κ1) is 16.9. The van der Waals surface area contributed by atoms with Crippen molar-refractivity contribution in [3.05, 3.63) is 63.7 Å². The molecular formula is C16H15N3O5. The normalized spacial score (nSPS) is 10.0. The quantitative estimate of drug-likeness (QED) is 0.375. The number of nitro benzene ring substituents is 1. The Kier molecular flexibility index (Phi) is 5.10. The Balaban J connectivity index is 1.99. The van der Waals surface area contributed by atoms with Crippen LogP contribution >= 0.6 is 0 Å². The van der Waals surface area contributed by atoms with E-state index >= 15 is 0 Å². The number of nitrogens with two attached hydrogens (primary N) is 1. The monoisotopic (exact) mass is 329 g/mol. The van der Waals surface area contributed by atoms with Crippen LogP contribution in [0.4, 0.5) is 17.1 Å². The Morgan fingerprint density at radius 1 is 1.25 bits per heavy atom. The third-order valence-corrected chi connectivity index (χ3v) is 3.22. The van der Waals surface area contributed by atoms with E-state index < -0.39 is 23.4 Å². The number of anilines is 2. The Labute approximate surface area is 137 Å². The Morgan fingerprint density at radius 3 is 2.62 bits per heavy atom. The van der Waals surface area contributed by atoms with Crippen molar-refractivity contribution < 1.29 is 19.2 Å². The van der Waals surface area contributed by atoms with Crippen LogP contribution in [0.5, 0.6) is 0 Å². The van der Waals surface area contributed by atoms with Gasteiger partial charge in [0, 0.05) is 17.8 Å². The Hall–Kier alpha value is -3.42. The zero-order chi connectivity index (χ0) is 17.7. The molecule has 0 aliphatic rings. The maximum Gasteiger partial charge on any atom is 0.340 e. The highest BCUT2D eigenvalue weighted by Crippen LogP contribution is 2.21. The van der Waals surface area contributed by atoms with Crippen LogP contribution in [0.1, 0.15) is 15.9 Å². The van der Waals surface area contributed by atoms with Gasteiger partial charge >= 0.3 is 5.97 Å². The molecule has 2 aromatic carbocycles. The number of carbonyl (C=O) groups excluding carboxylic acids is 2. The highest BCUT2D eigenvalue weighted by molar-refractivity contribution is 5.98. The van der Waals surface area contributed by atoms with E-state index in [1.165, 1.54) is 24.3 Å². The summed E-state index contributed by atoms with van der Waals surface area (Å²) < 4.78 is 4.90. The molecule has 3 N–H and O–H groups in total. The van der Waals surface area contributed by atoms with Crippen molar-refractivity contribution in [3.8, 4) is 0 Å². The average Bonchev–Trinajstić information content (AvgIpc) is 2.55. The van der Waals surface area contributed by atoms with Gasteiger partial charge in [-0.25, -0.2) is 4.79 Å². The van der Waals surface area contributed by atoms with Gasteiger partial charge in [0.2, 0.25) is 0 Å². The van der Waals surface area contributed by atoms with Crippen molar-refractivity contribution in [2.75, 3.05) is 17.7 Å². The molecule has 0 aliphatic heterocycles. The maximum atomic E-state index is 11.9. The van der Waals surface area contributed by atoms with Gasteiger partial charge in [-0.05, 0) is 24.6 Å². The molecule has 2 aromatic rings. The van der Waals surface area contributed by atoms with Crippen LogP contribution in [-0.2, 0) is 9.53 Å². The predicted molar refractivity (Wildman–Crippen MR) is 87.6 cm³/mol. The number of para-hydroxylation sites is 1. The summed E-state index contributed by atoms with van der Waals surface area (Å²) in [4.78, 5) is 33.9. The summed E-state index contributed by atoms with van der Waals surface area (Å²) in [5, 5.41) is 13.2. The molecular weight excluding hydrogens is 314 g/mol. The molecule has 0 unspecified atom stereocenters. The van der Waals surface area contributed by atoms with Gasteiger partial charge in [-0.3, -0.25) is 14.9 Å². The number of esters is 1. The Bertz CT molecular complexity index is 804. The van der Waals surface area contributed by atoms with Gasteiger partial charge in [0.25, 0.3) is 11.6 Å². The zero-order valence-corrected chi connectivity index (χ0v) is 12.8. The topological polar surface area (TPSA) is 125 Å². The van der Waals surface area contributed by atoms with Crippen molar-refractivity contribution >= 4 is 28.9 Å². The van der Waals surface area contributed by atoms with Crippen LogP contribution in [0, 0.1) is 17.0 Å². The summed E-state index contributed by atoms with van der Waals surface area (Å²) in [5.74, 6) is -1.33. The molecule has 8 nitrogen and oxygen atoms in total. The van der Waals surface area contributed by atoms with Crippen LogP contribution in [0.15, 0.2) is 42.5 Å². The lowest BCUT2D eigenvalue weighted by Crippen LogP contribution is -2.21. The van der Waals surface area contributed by atoms with E-state index in [0.717, 1.165) is 0 Å². The molecule has 24 heavy (non-hydrogen) atoms. The number of nitrogens with one attached hydrogen (secondary N) is 1. The number of nitro groups is 1. The van der Waals surface area contributed by atoms with Crippen molar-refractivity contribution in [2.24, 2.45) is 0 Å². The number of non-ortho nitro benzene ring substituents is 1. The van der Waals surface area contributed by atoms with Gasteiger partial charge in [-0.1, -0.05) is 18.2 Å². The first-order chi connectivity index (χ1) is 11.4. The smallest absolute Gasteiger partial charge is 0.340 e. The fraction of sp³-hybridized carbons (Fsp3) is 0.125. The summed E-state index contributed by atoms with van der Waals surface area (Å²) in [7, 11) is 0. The van der Waals surface area contributed by atoms with Crippen LogP contribution in [0.2, 0.25) is 0 Å². The second-order valence-corrected chi connectivity index (χ2v) is 4.97. The number of hydrogen-bond donors (Lipinski definition) is 2. The van der Waals surface area contributed by atoms with Gasteiger partial charge < -0.3 is 15.8 Å². The molecule has 1 amide bonds. The first-order valence-corrected chi connectivity index (χ1v) is 6.95. The number of nitrogens with zero attached hydrogens (tertiary/aromatic N) is 1. The minimum atomic E-state index is -0.723. The molecule has 2 rings (SSSR count). The highest BCUT2D eigenvalue weighted by atomic mass is 16.6. The van der Waals surface area contributed by atoms with E-state index in [-0.39, 0.29) is 22.6 Å². The SMILES string of the molecule is Cc1ccc([N+](=O)[O-])cc1NC(=O)COC(=O)c1ccccc1N. The highest BCUT2D eigenvalue weighted by Gasteiger charge is 2.14. The van der Waals surface area contributed by atoms with E-state index in [4.69, 9.17) is 10.5 Å². The molecule has 124 valence electrons. The molecule has 8 heteroatoms. The summed E-state index contributed by atoms with van der Waals surface area (Å²) in [6.07, 6.45) is 0. The van der Waals surface area contributed by atoms with Crippen molar-refractivity contribution in [1.82, 2.24) is 0 Å². The lowest BCUT2D eigenvalue weighted by molar-refractivity contribution is -0.384. The van der Waals surface area contributed by atoms with Gasteiger partial charge in [-0.2, -0.15) is 0 Å². The second-order valence-electron chi connectivity index (χ2n) is 4.97. The molecule has 0 aliphatic carbocycles. The molecule has 0 saturated carbocycles. The fourth-order valence-corrected chi connectivity index (χ4v) is 1.94. The number of hydrogen-bond acceptors (Lipinski definition) is 6. The van der Waals surface area contributed by atoms with Gasteiger partial charge in [-0.15, -0.1) is 0 Å². The van der Waals surface area contributed by atoms with Crippen LogP contribution in [-0.4, -0.2) is 23.4 Å². The molecule has 0 atom stereocenters. The van der Waals surface area contributed by atoms with E-state index in [0.29, 0.717) is 5.56 Å². The number of rotatable bonds is 5. The molecule has 0 fully saturated rings. The van der Waals surface area contributed by atoms with E-state index in [1.54, 1.807) is 25.1 Å². The van der Waals surface area contributed by atoms with Gasteiger partial charge in [0.1, 0.15) is 0 Å². The van der Waals surface area contributed by atoms with Gasteiger partial charge in [0.15, 0.2) is 6.61 Å².